The fraction of sp³-hybridized carbons (Fsp3) is 0.278. The van der Waals surface area contributed by atoms with E-state index in [4.69, 9.17) is 38.4 Å². The molecule has 3 aromatic rings. The summed E-state index contributed by atoms with van der Waals surface area (Å²) in [6.07, 6.45) is 3.79. The van der Waals surface area contributed by atoms with Crippen LogP contribution in [0.15, 0.2) is 18.3 Å². The molecule has 0 saturated heterocycles. The molecule has 9 heteroatoms. The first kappa shape index (κ1) is 17.9. The molecule has 0 spiro atoms. The number of aromatic nitrogens is 3. The fourth-order valence-corrected chi connectivity index (χ4v) is 3.44. The minimum Gasteiger partial charge on any atom is -0.495 e. The molecule has 2 heterocycles. The monoisotopic (exact) mass is 405 g/mol. The maximum absolute atomic E-state index is 6.52. The Balaban J connectivity index is 1.98. The molecule has 7 nitrogen and oxygen atoms in total. The number of nitrogens with two attached hydrogens (primary N) is 1. The molecule has 1 saturated carbocycles. The van der Waals surface area contributed by atoms with Crippen LogP contribution in [-0.4, -0.2) is 35.2 Å². The van der Waals surface area contributed by atoms with Crippen molar-refractivity contribution in [1.82, 2.24) is 15.0 Å². The second kappa shape index (κ2) is 6.90. The number of anilines is 2. The first-order chi connectivity index (χ1) is 13.0. The Kier molecular flexibility index (Phi) is 4.57. The summed E-state index contributed by atoms with van der Waals surface area (Å²) in [5, 5.41) is 4.82. The number of fused-ring (bicyclic) bond motifs is 1. The molecule has 0 radical (unpaired) electrons. The number of halogens is 2. The van der Waals surface area contributed by atoms with Crippen LogP contribution in [0.4, 0.5) is 11.6 Å². The molecule has 1 fully saturated rings. The van der Waals surface area contributed by atoms with Gasteiger partial charge in [0.1, 0.15) is 23.1 Å². The van der Waals surface area contributed by atoms with Crippen LogP contribution in [0.5, 0.6) is 11.5 Å². The number of benzene rings is 1. The van der Waals surface area contributed by atoms with Gasteiger partial charge in [-0.25, -0.2) is 15.0 Å². The summed E-state index contributed by atoms with van der Waals surface area (Å²) in [6.45, 7) is 0. The van der Waals surface area contributed by atoms with E-state index in [1.807, 2.05) is 0 Å². The third-order valence-electron chi connectivity index (χ3n) is 4.32. The molecule has 0 aliphatic heterocycles. The number of rotatable bonds is 5. The van der Waals surface area contributed by atoms with E-state index >= 15 is 0 Å². The molecular formula is C18H17Cl2N5O2. The minimum absolute atomic E-state index is 0.309. The van der Waals surface area contributed by atoms with Crippen LogP contribution >= 0.6 is 23.2 Å². The van der Waals surface area contributed by atoms with Gasteiger partial charge in [-0.15, -0.1) is 0 Å². The van der Waals surface area contributed by atoms with Crippen molar-refractivity contribution in [2.75, 3.05) is 25.3 Å². The van der Waals surface area contributed by atoms with Gasteiger partial charge in [-0.3, -0.25) is 0 Å². The maximum Gasteiger partial charge on any atom is 0.165 e. The number of nitrogens with zero attached hydrogens (tertiary/aromatic N) is 3. The van der Waals surface area contributed by atoms with E-state index in [1.165, 1.54) is 14.2 Å². The van der Waals surface area contributed by atoms with Crippen LogP contribution in [0.25, 0.3) is 22.3 Å². The third-order valence-corrected chi connectivity index (χ3v) is 5.07. The van der Waals surface area contributed by atoms with E-state index in [-0.39, 0.29) is 0 Å². The van der Waals surface area contributed by atoms with E-state index in [0.717, 1.165) is 18.2 Å². The summed E-state index contributed by atoms with van der Waals surface area (Å²) in [7, 11) is 3.04. The molecule has 1 aromatic carbocycles. The van der Waals surface area contributed by atoms with Crippen LogP contribution in [0.1, 0.15) is 12.8 Å². The first-order valence-corrected chi connectivity index (χ1v) is 9.07. The number of hydrogen-bond donors (Lipinski definition) is 2. The van der Waals surface area contributed by atoms with Crippen LogP contribution < -0.4 is 20.5 Å². The van der Waals surface area contributed by atoms with Gasteiger partial charge in [-0.05, 0) is 18.9 Å². The molecule has 4 rings (SSSR count). The highest BCUT2D eigenvalue weighted by Gasteiger charge is 2.25. The lowest BCUT2D eigenvalue weighted by Gasteiger charge is -2.15. The van der Waals surface area contributed by atoms with Gasteiger partial charge in [0, 0.05) is 17.5 Å². The molecule has 2 aromatic heterocycles. The second-order valence-corrected chi connectivity index (χ2v) is 6.98. The number of methoxy groups -OCH3 is 2. The maximum atomic E-state index is 6.52. The molecule has 0 bridgehead atoms. The Morgan fingerprint density at radius 2 is 1.74 bits per heavy atom. The van der Waals surface area contributed by atoms with Gasteiger partial charge < -0.3 is 20.5 Å². The van der Waals surface area contributed by atoms with Gasteiger partial charge in [-0.2, -0.15) is 0 Å². The summed E-state index contributed by atoms with van der Waals surface area (Å²) in [4.78, 5) is 13.4. The highest BCUT2D eigenvalue weighted by atomic mass is 35.5. The van der Waals surface area contributed by atoms with Crippen LogP contribution in [-0.2, 0) is 0 Å². The zero-order valence-electron chi connectivity index (χ0n) is 14.7. The molecule has 0 amide bonds. The Hall–Kier alpha value is -2.51. The molecular weight excluding hydrogens is 389 g/mol. The zero-order chi connectivity index (χ0) is 19.1. The van der Waals surface area contributed by atoms with E-state index in [9.17, 15) is 0 Å². The largest absolute Gasteiger partial charge is 0.495 e. The van der Waals surface area contributed by atoms with Crippen molar-refractivity contribution < 1.29 is 9.47 Å². The van der Waals surface area contributed by atoms with E-state index in [2.05, 4.69) is 20.3 Å². The van der Waals surface area contributed by atoms with Gasteiger partial charge in [0.2, 0.25) is 0 Å². The van der Waals surface area contributed by atoms with Crippen molar-refractivity contribution in [2.45, 2.75) is 18.9 Å². The molecule has 1 aliphatic rings. The number of nitrogens with one attached hydrogen (secondary N) is 1. The molecule has 3 N–H and O–H groups in total. The van der Waals surface area contributed by atoms with Crippen molar-refractivity contribution >= 4 is 45.7 Å². The van der Waals surface area contributed by atoms with Crippen LogP contribution in [0.3, 0.4) is 0 Å². The van der Waals surface area contributed by atoms with Crippen LogP contribution in [0, 0.1) is 0 Å². The summed E-state index contributed by atoms with van der Waals surface area (Å²) >= 11 is 13.0. The predicted molar refractivity (Wildman–Crippen MR) is 107 cm³/mol. The van der Waals surface area contributed by atoms with Crippen molar-refractivity contribution in [3.05, 3.63) is 28.4 Å². The van der Waals surface area contributed by atoms with Crippen molar-refractivity contribution in [3.63, 3.8) is 0 Å². The van der Waals surface area contributed by atoms with Crippen LogP contribution in [0.2, 0.25) is 10.0 Å². The third kappa shape index (κ3) is 3.28. The summed E-state index contributed by atoms with van der Waals surface area (Å²) in [6, 6.07) is 3.76. The van der Waals surface area contributed by atoms with Crippen molar-refractivity contribution in [1.29, 1.82) is 0 Å². The Labute approximate surface area is 165 Å². The minimum atomic E-state index is 0.309. The Morgan fingerprint density at radius 3 is 2.33 bits per heavy atom. The summed E-state index contributed by atoms with van der Waals surface area (Å²) < 4.78 is 10.7. The lowest BCUT2D eigenvalue weighted by atomic mass is 10.1. The highest BCUT2D eigenvalue weighted by Crippen LogP contribution is 2.45. The predicted octanol–water partition coefficient (Wildman–Crippen LogP) is 4.17. The van der Waals surface area contributed by atoms with Gasteiger partial charge in [0.25, 0.3) is 0 Å². The molecule has 1 aliphatic carbocycles. The summed E-state index contributed by atoms with van der Waals surface area (Å²) in [5.41, 5.74) is 6.91. The normalized spacial score (nSPS) is 13.6. The number of nitrogen functional groups attached to an aromatic ring is 1. The lowest BCUT2D eigenvalue weighted by molar-refractivity contribution is 0.395. The van der Waals surface area contributed by atoms with Gasteiger partial charge >= 0.3 is 0 Å². The Bertz CT molecular complexity index is 1010. The average Bonchev–Trinajstić information content (AvgIpc) is 3.47. The van der Waals surface area contributed by atoms with E-state index in [0.29, 0.717) is 56.1 Å². The topological polar surface area (TPSA) is 95.2 Å². The van der Waals surface area contributed by atoms with E-state index in [1.54, 1.807) is 18.3 Å². The van der Waals surface area contributed by atoms with E-state index < -0.39 is 0 Å². The standard InChI is InChI=1S/C18H17Cl2N5O2/c1-26-11-6-12(27-2)16(20)14(15(11)19)18-24-10-7-22-13(21)5-9(10)17(25-18)23-8-3-4-8/h5-8H,3-4H2,1-2H3,(H2,21,22)(H,23,24,25). The second-order valence-electron chi connectivity index (χ2n) is 6.22. The number of ether oxygens (including phenoxy) is 2. The van der Waals surface area contributed by atoms with Crippen molar-refractivity contribution in [3.8, 4) is 22.9 Å². The molecule has 0 unspecified atom stereocenters. The number of hydrogen-bond acceptors (Lipinski definition) is 7. The smallest absolute Gasteiger partial charge is 0.165 e. The summed E-state index contributed by atoms with van der Waals surface area (Å²) in [5.74, 6) is 2.26. The first-order valence-electron chi connectivity index (χ1n) is 8.32. The van der Waals surface area contributed by atoms with Gasteiger partial charge in [0.15, 0.2) is 5.82 Å². The van der Waals surface area contributed by atoms with Crippen molar-refractivity contribution in [2.24, 2.45) is 0 Å². The molecule has 0 atom stereocenters. The lowest BCUT2D eigenvalue weighted by Crippen LogP contribution is -2.07. The zero-order valence-corrected chi connectivity index (χ0v) is 16.2. The Morgan fingerprint density at radius 1 is 1.07 bits per heavy atom. The number of pyridine rings is 1. The fourth-order valence-electron chi connectivity index (χ4n) is 2.77. The van der Waals surface area contributed by atoms with Gasteiger partial charge in [-0.1, -0.05) is 23.2 Å². The average molecular weight is 406 g/mol. The SMILES string of the molecule is COc1cc(OC)c(Cl)c(-c2nc(NC3CC3)c3cc(N)ncc3n2)c1Cl. The quantitative estimate of drug-likeness (QED) is 0.657. The highest BCUT2D eigenvalue weighted by molar-refractivity contribution is 6.41. The van der Waals surface area contributed by atoms with Gasteiger partial charge in [0.05, 0.1) is 41.5 Å². The molecule has 27 heavy (non-hydrogen) atoms. The molecule has 140 valence electrons.